The van der Waals surface area contributed by atoms with E-state index in [1.165, 1.54) is 5.56 Å². The van der Waals surface area contributed by atoms with Crippen LogP contribution >= 0.6 is 0 Å². The first-order valence-corrected chi connectivity index (χ1v) is 5.30. The van der Waals surface area contributed by atoms with Crippen molar-refractivity contribution in [3.63, 3.8) is 0 Å². The van der Waals surface area contributed by atoms with Crippen molar-refractivity contribution in [1.82, 2.24) is 5.32 Å². The van der Waals surface area contributed by atoms with Gasteiger partial charge in [0.1, 0.15) is 5.75 Å². The standard InChI is InChI=1S/C12H17NO2/c1-8-12(14)11-4-3-10(15-2)7-9(11)5-6-13-8/h3-4,7-8,12-14H,5-6H2,1-2H3/t8-,12-/m0/s1. The van der Waals surface area contributed by atoms with Crippen molar-refractivity contribution in [2.75, 3.05) is 13.7 Å². The molecule has 82 valence electrons. The lowest BCUT2D eigenvalue weighted by atomic mass is 9.98. The molecule has 1 aliphatic rings. The second-order valence-corrected chi connectivity index (χ2v) is 4.00. The third kappa shape index (κ3) is 1.98. The molecule has 0 aromatic heterocycles. The number of aliphatic hydroxyl groups excluding tert-OH is 1. The van der Waals surface area contributed by atoms with Crippen molar-refractivity contribution >= 4 is 0 Å². The van der Waals surface area contributed by atoms with E-state index in [-0.39, 0.29) is 6.04 Å². The third-order valence-electron chi connectivity index (χ3n) is 3.00. The summed E-state index contributed by atoms with van der Waals surface area (Å²) in [5.74, 6) is 0.857. The van der Waals surface area contributed by atoms with Crippen LogP contribution in [0.15, 0.2) is 18.2 Å². The van der Waals surface area contributed by atoms with Crippen LogP contribution in [0.25, 0.3) is 0 Å². The van der Waals surface area contributed by atoms with Crippen LogP contribution in [0.3, 0.4) is 0 Å². The van der Waals surface area contributed by atoms with Gasteiger partial charge in [-0.15, -0.1) is 0 Å². The maximum Gasteiger partial charge on any atom is 0.119 e. The van der Waals surface area contributed by atoms with Crippen LogP contribution in [0.2, 0.25) is 0 Å². The number of ether oxygens (including phenoxy) is 1. The molecule has 0 saturated carbocycles. The quantitative estimate of drug-likeness (QED) is 0.728. The molecular formula is C12H17NO2. The molecule has 1 heterocycles. The van der Waals surface area contributed by atoms with Crippen LogP contribution in [-0.2, 0) is 6.42 Å². The number of hydrogen-bond acceptors (Lipinski definition) is 3. The second kappa shape index (κ2) is 4.21. The molecule has 0 saturated heterocycles. The minimum atomic E-state index is -0.423. The molecule has 15 heavy (non-hydrogen) atoms. The molecule has 0 unspecified atom stereocenters. The zero-order chi connectivity index (χ0) is 10.8. The van der Waals surface area contributed by atoms with Crippen LogP contribution in [0.4, 0.5) is 0 Å². The maximum atomic E-state index is 10.1. The summed E-state index contributed by atoms with van der Waals surface area (Å²) in [6.07, 6.45) is 0.516. The van der Waals surface area contributed by atoms with Gasteiger partial charge in [0.25, 0.3) is 0 Å². The minimum absolute atomic E-state index is 0.111. The molecule has 0 bridgehead atoms. The van der Waals surface area contributed by atoms with Gasteiger partial charge >= 0.3 is 0 Å². The Morgan fingerprint density at radius 1 is 1.47 bits per heavy atom. The predicted molar refractivity (Wildman–Crippen MR) is 59.1 cm³/mol. The van der Waals surface area contributed by atoms with Crippen LogP contribution in [0.5, 0.6) is 5.75 Å². The maximum absolute atomic E-state index is 10.1. The third-order valence-corrected chi connectivity index (χ3v) is 3.00. The topological polar surface area (TPSA) is 41.5 Å². The molecule has 2 atom stereocenters. The number of hydrogen-bond donors (Lipinski definition) is 2. The van der Waals surface area contributed by atoms with Gasteiger partial charge in [-0.2, -0.15) is 0 Å². The van der Waals surface area contributed by atoms with Gasteiger partial charge in [0.2, 0.25) is 0 Å². The smallest absolute Gasteiger partial charge is 0.119 e. The van der Waals surface area contributed by atoms with Crippen molar-refractivity contribution in [3.8, 4) is 5.75 Å². The lowest BCUT2D eigenvalue weighted by Gasteiger charge is -2.18. The highest BCUT2D eigenvalue weighted by molar-refractivity contribution is 5.38. The summed E-state index contributed by atoms with van der Waals surface area (Å²) < 4.78 is 5.18. The van der Waals surface area contributed by atoms with E-state index in [1.807, 2.05) is 25.1 Å². The normalized spacial score (nSPS) is 25.5. The van der Waals surface area contributed by atoms with Gasteiger partial charge in [0.05, 0.1) is 13.2 Å². The van der Waals surface area contributed by atoms with Crippen molar-refractivity contribution in [2.24, 2.45) is 0 Å². The molecule has 3 nitrogen and oxygen atoms in total. The van der Waals surface area contributed by atoms with Crippen LogP contribution in [0.1, 0.15) is 24.2 Å². The molecule has 0 fully saturated rings. The van der Waals surface area contributed by atoms with Gasteiger partial charge in [-0.3, -0.25) is 0 Å². The molecule has 1 aromatic rings. The Bertz CT molecular complexity index is 351. The Kier molecular flexibility index (Phi) is 2.93. The monoisotopic (exact) mass is 207 g/mol. The molecule has 2 N–H and O–H groups in total. The molecule has 2 rings (SSSR count). The number of fused-ring (bicyclic) bond motifs is 1. The van der Waals surface area contributed by atoms with Gasteiger partial charge < -0.3 is 15.2 Å². The Balaban J connectivity index is 2.39. The highest BCUT2D eigenvalue weighted by Gasteiger charge is 2.22. The summed E-state index contributed by atoms with van der Waals surface area (Å²) in [5.41, 5.74) is 2.20. The van der Waals surface area contributed by atoms with E-state index in [9.17, 15) is 5.11 Å². The Labute approximate surface area is 90.1 Å². The van der Waals surface area contributed by atoms with Gasteiger partial charge in [-0.1, -0.05) is 6.07 Å². The van der Waals surface area contributed by atoms with E-state index < -0.39 is 6.10 Å². The summed E-state index contributed by atoms with van der Waals surface area (Å²) in [4.78, 5) is 0. The van der Waals surface area contributed by atoms with E-state index in [1.54, 1.807) is 7.11 Å². The zero-order valence-corrected chi connectivity index (χ0v) is 9.16. The van der Waals surface area contributed by atoms with Crippen LogP contribution in [0, 0.1) is 0 Å². The summed E-state index contributed by atoms with van der Waals surface area (Å²) in [5, 5.41) is 13.4. The van der Waals surface area contributed by atoms with Crippen molar-refractivity contribution in [1.29, 1.82) is 0 Å². The number of rotatable bonds is 1. The highest BCUT2D eigenvalue weighted by atomic mass is 16.5. The van der Waals surface area contributed by atoms with E-state index in [0.717, 1.165) is 24.3 Å². The Morgan fingerprint density at radius 2 is 2.27 bits per heavy atom. The van der Waals surface area contributed by atoms with E-state index in [0.29, 0.717) is 0 Å². The lowest BCUT2D eigenvalue weighted by Crippen LogP contribution is -2.30. The number of aliphatic hydroxyl groups is 1. The van der Waals surface area contributed by atoms with E-state index >= 15 is 0 Å². The first-order valence-electron chi connectivity index (χ1n) is 5.30. The summed E-state index contributed by atoms with van der Waals surface area (Å²) >= 11 is 0. The zero-order valence-electron chi connectivity index (χ0n) is 9.16. The summed E-state index contributed by atoms with van der Waals surface area (Å²) in [7, 11) is 1.66. The largest absolute Gasteiger partial charge is 0.497 e. The van der Waals surface area contributed by atoms with Crippen molar-refractivity contribution < 1.29 is 9.84 Å². The first-order chi connectivity index (χ1) is 7.22. The molecule has 0 spiro atoms. The fraction of sp³-hybridized carbons (Fsp3) is 0.500. The SMILES string of the molecule is COc1ccc2c(c1)CCN[C@@H](C)[C@@H]2O. The average Bonchev–Trinajstić information content (AvgIpc) is 2.40. The number of benzene rings is 1. The van der Waals surface area contributed by atoms with Crippen molar-refractivity contribution in [3.05, 3.63) is 29.3 Å². The summed E-state index contributed by atoms with van der Waals surface area (Å²) in [6, 6.07) is 5.99. The second-order valence-electron chi connectivity index (χ2n) is 4.00. The van der Waals surface area contributed by atoms with Gasteiger partial charge in [0.15, 0.2) is 0 Å². The highest BCUT2D eigenvalue weighted by Crippen LogP contribution is 2.27. The predicted octanol–water partition coefficient (Wildman–Crippen LogP) is 1.26. The molecule has 1 aliphatic heterocycles. The molecule has 3 heteroatoms. The number of nitrogens with one attached hydrogen (secondary N) is 1. The van der Waals surface area contributed by atoms with Gasteiger partial charge in [-0.25, -0.2) is 0 Å². The van der Waals surface area contributed by atoms with Gasteiger partial charge in [0, 0.05) is 6.04 Å². The Hall–Kier alpha value is -1.06. The fourth-order valence-electron chi connectivity index (χ4n) is 2.03. The van der Waals surface area contributed by atoms with E-state index in [2.05, 4.69) is 5.32 Å². The lowest BCUT2D eigenvalue weighted by molar-refractivity contribution is 0.140. The molecule has 0 aliphatic carbocycles. The molecule has 0 amide bonds. The number of methoxy groups -OCH3 is 1. The van der Waals surface area contributed by atoms with Gasteiger partial charge in [-0.05, 0) is 43.1 Å². The van der Waals surface area contributed by atoms with Crippen molar-refractivity contribution in [2.45, 2.75) is 25.5 Å². The summed E-state index contributed by atoms with van der Waals surface area (Å²) in [6.45, 7) is 2.91. The van der Waals surface area contributed by atoms with Crippen LogP contribution in [-0.4, -0.2) is 24.8 Å². The molecular weight excluding hydrogens is 190 g/mol. The molecule has 0 radical (unpaired) electrons. The Morgan fingerprint density at radius 3 is 3.00 bits per heavy atom. The fourth-order valence-corrected chi connectivity index (χ4v) is 2.03. The van der Waals surface area contributed by atoms with Crippen LogP contribution < -0.4 is 10.1 Å². The minimum Gasteiger partial charge on any atom is -0.497 e. The average molecular weight is 207 g/mol. The molecule has 1 aromatic carbocycles. The van der Waals surface area contributed by atoms with E-state index in [4.69, 9.17) is 4.74 Å². The first kappa shape index (κ1) is 10.5.